The summed E-state index contributed by atoms with van der Waals surface area (Å²) in [6.07, 6.45) is 69.2. The Morgan fingerprint density at radius 1 is 0.514 bits per heavy atom. The van der Waals surface area contributed by atoms with Crippen LogP contribution in [0.5, 0.6) is 0 Å². The number of aliphatic hydroxyl groups is 1. The lowest BCUT2D eigenvalue weighted by molar-refractivity contribution is -0.870. The number of rotatable bonds is 55. The van der Waals surface area contributed by atoms with Crippen LogP contribution in [0.3, 0.4) is 0 Å². The molecule has 0 aromatic rings. The van der Waals surface area contributed by atoms with Crippen molar-refractivity contribution in [3.63, 3.8) is 0 Å². The van der Waals surface area contributed by atoms with Gasteiger partial charge >= 0.3 is 0 Å². The van der Waals surface area contributed by atoms with Gasteiger partial charge in [-0.25, -0.2) is 0 Å². The minimum Gasteiger partial charge on any atom is -0.756 e. The van der Waals surface area contributed by atoms with E-state index in [2.05, 4.69) is 55.6 Å². The zero-order valence-electron chi connectivity index (χ0n) is 47.0. The molecule has 1 amide bonds. The number of nitrogens with zero attached hydrogens (tertiary/aromatic N) is 1. The van der Waals surface area contributed by atoms with Gasteiger partial charge in [0.15, 0.2) is 0 Å². The summed E-state index contributed by atoms with van der Waals surface area (Å²) in [6, 6.07) is -0.894. The monoisotopic (exact) mass is 1000 g/mol. The van der Waals surface area contributed by atoms with Gasteiger partial charge in [-0.05, 0) is 51.4 Å². The van der Waals surface area contributed by atoms with E-state index in [1.54, 1.807) is 6.08 Å². The summed E-state index contributed by atoms with van der Waals surface area (Å²) in [5.74, 6) is -0.206. The maximum Gasteiger partial charge on any atom is 0.268 e. The first-order valence-corrected chi connectivity index (χ1v) is 31.5. The normalized spacial score (nSPS) is 14.2. The molecule has 8 nitrogen and oxygen atoms in total. The van der Waals surface area contributed by atoms with Crippen LogP contribution in [0.25, 0.3) is 0 Å². The van der Waals surface area contributed by atoms with Gasteiger partial charge in [0.05, 0.1) is 39.9 Å². The first kappa shape index (κ1) is 68.5. The summed E-state index contributed by atoms with van der Waals surface area (Å²) in [7, 11) is 1.26. The van der Waals surface area contributed by atoms with Crippen LogP contribution in [0, 0.1) is 0 Å². The smallest absolute Gasteiger partial charge is 0.268 e. The Balaban J connectivity index is 4.10. The lowest BCUT2D eigenvalue weighted by Crippen LogP contribution is -2.45. The van der Waals surface area contributed by atoms with Crippen LogP contribution in [0.4, 0.5) is 0 Å². The molecular weight excluding hydrogens is 888 g/mol. The highest BCUT2D eigenvalue weighted by Gasteiger charge is 2.23. The number of amides is 1. The van der Waals surface area contributed by atoms with Crippen molar-refractivity contribution in [2.24, 2.45) is 0 Å². The topological polar surface area (TPSA) is 108 Å². The van der Waals surface area contributed by atoms with Gasteiger partial charge in [-0.3, -0.25) is 9.36 Å². The summed E-state index contributed by atoms with van der Waals surface area (Å²) < 4.78 is 23.3. The van der Waals surface area contributed by atoms with Crippen molar-refractivity contribution in [3.8, 4) is 0 Å². The molecule has 412 valence electrons. The van der Waals surface area contributed by atoms with Gasteiger partial charge in [0.1, 0.15) is 13.2 Å². The predicted molar refractivity (Wildman–Crippen MR) is 302 cm³/mol. The Hall–Kier alpha value is -1.54. The van der Waals surface area contributed by atoms with E-state index in [0.717, 1.165) is 70.6 Å². The molecule has 9 heteroatoms. The van der Waals surface area contributed by atoms with Crippen LogP contribution in [-0.4, -0.2) is 68.5 Å². The highest BCUT2D eigenvalue weighted by Crippen LogP contribution is 2.38. The molecule has 0 saturated carbocycles. The lowest BCUT2D eigenvalue weighted by Gasteiger charge is -2.29. The lowest BCUT2D eigenvalue weighted by atomic mass is 10.0. The summed E-state index contributed by atoms with van der Waals surface area (Å²) in [5.41, 5.74) is 0. The zero-order valence-corrected chi connectivity index (χ0v) is 47.9. The Bertz CT molecular complexity index is 1280. The number of aliphatic hydroxyl groups excluding tert-OH is 1. The van der Waals surface area contributed by atoms with Gasteiger partial charge in [-0.2, -0.15) is 0 Å². The van der Waals surface area contributed by atoms with E-state index in [1.165, 1.54) is 193 Å². The standard InChI is InChI=1S/C61H117N2O6P/c1-6-8-10-12-14-16-18-20-22-24-25-26-27-28-29-30-31-32-33-34-35-36-37-39-40-42-44-46-48-50-52-54-60(64)59(58-69-70(66,67)68-57-56-63(3,4)5)62-61(65)55-53-51-49-47-45-43-41-38-23-21-19-17-15-13-11-9-7-2/h9,11,15,17,21,23,52,54,59-60,64H,6-8,10,12-14,16,18-20,22,24-51,53,55-58H2,1-5H3,(H-,62,65,66,67)/b11-9-,17-15-,23-21-,54-52+. The van der Waals surface area contributed by atoms with Crippen LogP contribution in [0.15, 0.2) is 48.6 Å². The van der Waals surface area contributed by atoms with E-state index in [9.17, 15) is 19.4 Å². The summed E-state index contributed by atoms with van der Waals surface area (Å²) in [5, 5.41) is 13.9. The van der Waals surface area contributed by atoms with Crippen molar-refractivity contribution >= 4 is 13.7 Å². The van der Waals surface area contributed by atoms with Crippen molar-refractivity contribution in [3.05, 3.63) is 48.6 Å². The van der Waals surface area contributed by atoms with Crippen molar-refractivity contribution in [1.82, 2.24) is 5.32 Å². The maximum atomic E-state index is 12.9. The van der Waals surface area contributed by atoms with Crippen LogP contribution in [0.2, 0.25) is 0 Å². The molecule has 0 spiro atoms. The molecule has 0 aliphatic carbocycles. The molecule has 0 bridgehead atoms. The first-order valence-electron chi connectivity index (χ1n) is 30.0. The number of carbonyl (C=O) groups excluding carboxylic acids is 1. The number of quaternary nitrogens is 1. The average molecular weight is 1010 g/mol. The fourth-order valence-corrected chi connectivity index (χ4v) is 9.60. The Kier molecular flexibility index (Phi) is 51.2. The van der Waals surface area contributed by atoms with Gasteiger partial charge in [-0.15, -0.1) is 0 Å². The van der Waals surface area contributed by atoms with Crippen LogP contribution in [0.1, 0.15) is 284 Å². The van der Waals surface area contributed by atoms with Crippen molar-refractivity contribution in [1.29, 1.82) is 0 Å². The number of nitrogens with one attached hydrogen (secondary N) is 1. The van der Waals surface area contributed by atoms with Gasteiger partial charge in [0.2, 0.25) is 5.91 Å². The zero-order chi connectivity index (χ0) is 51.3. The molecule has 0 fully saturated rings. The molecular formula is C61H117N2O6P. The van der Waals surface area contributed by atoms with Gasteiger partial charge in [0, 0.05) is 6.42 Å². The second kappa shape index (κ2) is 52.3. The van der Waals surface area contributed by atoms with E-state index < -0.39 is 20.0 Å². The van der Waals surface area contributed by atoms with Crippen molar-refractivity contribution < 1.29 is 32.9 Å². The molecule has 3 atom stereocenters. The highest BCUT2D eigenvalue weighted by molar-refractivity contribution is 7.45. The predicted octanol–water partition coefficient (Wildman–Crippen LogP) is 17.7. The third kappa shape index (κ3) is 54.2. The van der Waals surface area contributed by atoms with E-state index >= 15 is 0 Å². The highest BCUT2D eigenvalue weighted by atomic mass is 31.2. The van der Waals surface area contributed by atoms with Crippen LogP contribution < -0.4 is 10.2 Å². The van der Waals surface area contributed by atoms with E-state index in [1.807, 2.05) is 27.2 Å². The third-order valence-electron chi connectivity index (χ3n) is 13.5. The molecule has 0 aliphatic rings. The molecule has 2 N–H and O–H groups in total. The number of phosphoric ester groups is 1. The van der Waals surface area contributed by atoms with Crippen LogP contribution in [-0.2, 0) is 18.4 Å². The minimum atomic E-state index is -4.60. The fraction of sp³-hybridized carbons (Fsp3) is 0.852. The number of unbranched alkanes of at least 4 members (excludes halogenated alkanes) is 36. The molecule has 0 rings (SSSR count). The third-order valence-corrected chi connectivity index (χ3v) is 14.5. The first-order chi connectivity index (χ1) is 34.0. The van der Waals surface area contributed by atoms with Crippen LogP contribution >= 0.6 is 7.82 Å². The molecule has 0 aliphatic heterocycles. The van der Waals surface area contributed by atoms with Gasteiger partial charge in [-0.1, -0.05) is 274 Å². The number of likely N-dealkylation sites (N-methyl/N-ethyl adjacent to an activating group) is 1. The van der Waals surface area contributed by atoms with Crippen molar-refractivity contribution in [2.45, 2.75) is 296 Å². The number of carbonyl (C=O) groups is 1. The molecule has 0 aromatic heterocycles. The molecule has 0 heterocycles. The summed E-state index contributed by atoms with van der Waals surface area (Å²) in [6.45, 7) is 4.56. The number of phosphoric acid groups is 1. The molecule has 0 radical (unpaired) electrons. The second-order valence-corrected chi connectivity index (χ2v) is 23.1. The SMILES string of the molecule is CC/C=C\C/C=C\C/C=C\CCCCCCCCCC(=O)NC(COP(=O)([O-])OCC[N+](C)(C)C)C(O)/C=C/CCCCCCCCCCCCCCCCCCCCCCCCCCCCCCC. The molecule has 0 aromatic carbocycles. The number of hydrogen-bond donors (Lipinski definition) is 2. The molecule has 70 heavy (non-hydrogen) atoms. The quantitative estimate of drug-likeness (QED) is 0.0272. The van der Waals surface area contributed by atoms with Gasteiger partial charge in [0.25, 0.3) is 7.82 Å². The summed E-state index contributed by atoms with van der Waals surface area (Å²) >= 11 is 0. The van der Waals surface area contributed by atoms with Crippen molar-refractivity contribution in [2.75, 3.05) is 40.9 Å². The minimum absolute atomic E-state index is 0.00403. The Morgan fingerprint density at radius 2 is 0.871 bits per heavy atom. The Labute approximate surface area is 435 Å². The second-order valence-electron chi connectivity index (χ2n) is 21.7. The number of hydrogen-bond acceptors (Lipinski definition) is 6. The van der Waals surface area contributed by atoms with E-state index in [4.69, 9.17) is 9.05 Å². The molecule has 3 unspecified atom stereocenters. The summed E-state index contributed by atoms with van der Waals surface area (Å²) in [4.78, 5) is 25.5. The van der Waals surface area contributed by atoms with Gasteiger partial charge < -0.3 is 28.8 Å². The van der Waals surface area contributed by atoms with E-state index in [-0.39, 0.29) is 19.1 Å². The molecule has 0 saturated heterocycles. The van der Waals surface area contributed by atoms with E-state index in [0.29, 0.717) is 17.4 Å². The number of allylic oxidation sites excluding steroid dienone is 7. The average Bonchev–Trinajstić information content (AvgIpc) is 3.32. The maximum absolute atomic E-state index is 12.9. The fourth-order valence-electron chi connectivity index (χ4n) is 8.88. The Morgan fingerprint density at radius 3 is 1.27 bits per heavy atom. The largest absolute Gasteiger partial charge is 0.756 e.